The van der Waals surface area contributed by atoms with E-state index in [2.05, 4.69) is 15.9 Å². The van der Waals surface area contributed by atoms with Gasteiger partial charge < -0.3 is 4.74 Å². The molecule has 1 heterocycles. The zero-order valence-corrected chi connectivity index (χ0v) is 11.5. The summed E-state index contributed by atoms with van der Waals surface area (Å²) >= 11 is 1.60. The molecule has 5 heteroatoms. The second kappa shape index (κ2) is 5.48. The molecule has 0 bridgehead atoms. The van der Waals surface area contributed by atoms with Gasteiger partial charge in [0.15, 0.2) is 0 Å². The van der Waals surface area contributed by atoms with Crippen LogP contribution in [-0.4, -0.2) is 12.1 Å². The molecule has 96 valence electrons. The van der Waals surface area contributed by atoms with E-state index < -0.39 is 0 Å². The van der Waals surface area contributed by atoms with E-state index in [1.165, 1.54) is 0 Å². The zero-order chi connectivity index (χ0) is 13.1. The molecule has 0 aliphatic rings. The van der Waals surface area contributed by atoms with Gasteiger partial charge in [-0.1, -0.05) is 0 Å². The molecule has 0 aliphatic carbocycles. The lowest BCUT2D eigenvalue weighted by molar-refractivity contribution is 0.124. The summed E-state index contributed by atoms with van der Waals surface area (Å²) in [5, 5.41) is 0.887. The first-order valence-corrected chi connectivity index (χ1v) is 6.40. The highest BCUT2D eigenvalue weighted by molar-refractivity contribution is 7.12. The lowest BCUT2D eigenvalue weighted by atomic mass is 10.1. The third-order valence-corrected chi connectivity index (χ3v) is 3.66. The molecule has 0 radical (unpaired) electrons. The normalized spacial score (nSPS) is 10.7. The van der Waals surface area contributed by atoms with Crippen molar-refractivity contribution < 1.29 is 9.57 Å². The number of thiazole rings is 1. The Morgan fingerprint density at radius 1 is 1.33 bits per heavy atom. The maximum Gasteiger partial charge on any atom is 0.121 e. The van der Waals surface area contributed by atoms with Gasteiger partial charge in [0.2, 0.25) is 0 Å². The standard InChI is InChI=1S/C13H16N2O2S/c1-8-6-10(4-5-11(8)16-3)13-9(2)18-12(15-13)7-17-14/h4-6H,7,14H2,1-3H3. The number of benzene rings is 1. The third-order valence-electron chi connectivity index (χ3n) is 2.72. The van der Waals surface area contributed by atoms with Gasteiger partial charge in [-0.3, -0.25) is 4.84 Å². The van der Waals surface area contributed by atoms with Gasteiger partial charge in [-0.15, -0.1) is 11.3 Å². The van der Waals surface area contributed by atoms with E-state index in [9.17, 15) is 0 Å². The Morgan fingerprint density at radius 2 is 2.11 bits per heavy atom. The van der Waals surface area contributed by atoms with Crippen LogP contribution in [0.1, 0.15) is 15.4 Å². The van der Waals surface area contributed by atoms with E-state index in [1.54, 1.807) is 18.4 Å². The highest BCUT2D eigenvalue weighted by Gasteiger charge is 2.11. The van der Waals surface area contributed by atoms with E-state index >= 15 is 0 Å². The van der Waals surface area contributed by atoms with Crippen LogP contribution in [0.25, 0.3) is 11.3 Å². The van der Waals surface area contributed by atoms with Crippen molar-refractivity contribution in [2.75, 3.05) is 7.11 Å². The number of nitrogens with two attached hydrogens (primary N) is 1. The van der Waals surface area contributed by atoms with Crippen molar-refractivity contribution in [3.63, 3.8) is 0 Å². The fraction of sp³-hybridized carbons (Fsp3) is 0.308. The number of rotatable bonds is 4. The topological polar surface area (TPSA) is 57.4 Å². The van der Waals surface area contributed by atoms with Crippen LogP contribution in [0.3, 0.4) is 0 Å². The number of ether oxygens (including phenoxy) is 1. The Hall–Kier alpha value is -1.43. The highest BCUT2D eigenvalue weighted by Crippen LogP contribution is 2.30. The van der Waals surface area contributed by atoms with Gasteiger partial charge in [0.1, 0.15) is 17.4 Å². The van der Waals surface area contributed by atoms with Crippen LogP contribution in [0.2, 0.25) is 0 Å². The minimum Gasteiger partial charge on any atom is -0.496 e. The molecule has 1 aromatic heterocycles. The molecule has 2 rings (SSSR count). The number of nitrogens with zero attached hydrogens (tertiary/aromatic N) is 1. The molecule has 0 unspecified atom stereocenters. The van der Waals surface area contributed by atoms with E-state index in [0.717, 1.165) is 32.5 Å². The SMILES string of the molecule is COc1ccc(-c2nc(CON)sc2C)cc1C. The van der Waals surface area contributed by atoms with E-state index in [4.69, 9.17) is 10.6 Å². The molecular weight excluding hydrogens is 248 g/mol. The second-order valence-electron chi connectivity index (χ2n) is 4.01. The lowest BCUT2D eigenvalue weighted by Crippen LogP contribution is -1.98. The number of aryl methyl sites for hydroxylation is 2. The number of hydrogen-bond donors (Lipinski definition) is 1. The molecule has 0 saturated heterocycles. The van der Waals surface area contributed by atoms with Crippen LogP contribution in [0, 0.1) is 13.8 Å². The largest absolute Gasteiger partial charge is 0.496 e. The second-order valence-corrected chi connectivity index (χ2v) is 5.30. The molecule has 0 saturated carbocycles. The Morgan fingerprint density at radius 3 is 2.72 bits per heavy atom. The smallest absolute Gasteiger partial charge is 0.121 e. The molecule has 1 aromatic carbocycles. The minimum atomic E-state index is 0.348. The van der Waals surface area contributed by atoms with Gasteiger partial charge in [0.05, 0.1) is 12.8 Å². The van der Waals surface area contributed by atoms with Crippen molar-refractivity contribution in [2.24, 2.45) is 5.90 Å². The Labute approximate surface area is 110 Å². The van der Waals surface area contributed by atoms with Crippen molar-refractivity contribution in [1.29, 1.82) is 0 Å². The first-order valence-electron chi connectivity index (χ1n) is 5.58. The van der Waals surface area contributed by atoms with Crippen molar-refractivity contribution >= 4 is 11.3 Å². The molecule has 0 aliphatic heterocycles. The summed E-state index contributed by atoms with van der Waals surface area (Å²) in [6.07, 6.45) is 0. The summed E-state index contributed by atoms with van der Waals surface area (Å²) in [7, 11) is 1.67. The summed E-state index contributed by atoms with van der Waals surface area (Å²) < 4.78 is 5.26. The lowest BCUT2D eigenvalue weighted by Gasteiger charge is -2.06. The van der Waals surface area contributed by atoms with Crippen LogP contribution in [0.4, 0.5) is 0 Å². The Kier molecular flexibility index (Phi) is 3.96. The van der Waals surface area contributed by atoms with E-state index in [-0.39, 0.29) is 0 Å². The molecule has 0 spiro atoms. The van der Waals surface area contributed by atoms with Crippen molar-refractivity contribution in [1.82, 2.24) is 4.98 Å². The van der Waals surface area contributed by atoms with Crippen LogP contribution in [0.5, 0.6) is 5.75 Å². The van der Waals surface area contributed by atoms with Gasteiger partial charge in [-0.2, -0.15) is 0 Å². The van der Waals surface area contributed by atoms with Crippen LogP contribution >= 0.6 is 11.3 Å². The Bertz CT molecular complexity index is 552. The molecule has 4 nitrogen and oxygen atoms in total. The fourth-order valence-electron chi connectivity index (χ4n) is 1.88. The number of aromatic nitrogens is 1. The Balaban J connectivity index is 2.39. The van der Waals surface area contributed by atoms with E-state index in [0.29, 0.717) is 6.61 Å². The van der Waals surface area contributed by atoms with Crippen LogP contribution < -0.4 is 10.6 Å². The molecule has 2 N–H and O–H groups in total. The molecule has 0 amide bonds. The van der Waals surface area contributed by atoms with Gasteiger partial charge in [-0.25, -0.2) is 10.9 Å². The van der Waals surface area contributed by atoms with E-state index in [1.807, 2.05) is 26.0 Å². The van der Waals surface area contributed by atoms with Crippen molar-refractivity contribution in [3.8, 4) is 17.0 Å². The number of hydrogen-bond acceptors (Lipinski definition) is 5. The molecule has 0 atom stereocenters. The predicted molar refractivity (Wildman–Crippen MR) is 72.6 cm³/mol. The maximum absolute atomic E-state index is 5.26. The molecule has 18 heavy (non-hydrogen) atoms. The first-order chi connectivity index (χ1) is 8.65. The average molecular weight is 264 g/mol. The number of methoxy groups -OCH3 is 1. The van der Waals surface area contributed by atoms with Crippen molar-refractivity contribution in [3.05, 3.63) is 33.6 Å². The van der Waals surface area contributed by atoms with Gasteiger partial charge in [0, 0.05) is 10.4 Å². The van der Waals surface area contributed by atoms with Gasteiger partial charge in [-0.05, 0) is 37.6 Å². The summed E-state index contributed by atoms with van der Waals surface area (Å²) in [5.41, 5.74) is 3.17. The summed E-state index contributed by atoms with van der Waals surface area (Å²) in [4.78, 5) is 10.3. The fourth-order valence-corrected chi connectivity index (χ4v) is 2.76. The maximum atomic E-state index is 5.26. The van der Waals surface area contributed by atoms with Gasteiger partial charge >= 0.3 is 0 Å². The summed E-state index contributed by atoms with van der Waals surface area (Å²) in [5.74, 6) is 5.96. The van der Waals surface area contributed by atoms with Crippen LogP contribution in [-0.2, 0) is 11.4 Å². The van der Waals surface area contributed by atoms with Crippen LogP contribution in [0.15, 0.2) is 18.2 Å². The highest BCUT2D eigenvalue weighted by atomic mass is 32.1. The van der Waals surface area contributed by atoms with Crippen molar-refractivity contribution in [2.45, 2.75) is 20.5 Å². The molecule has 2 aromatic rings. The summed E-state index contributed by atoms with van der Waals surface area (Å²) in [6, 6.07) is 6.05. The summed E-state index contributed by atoms with van der Waals surface area (Å²) in [6.45, 7) is 4.42. The quantitative estimate of drug-likeness (QED) is 0.863. The third kappa shape index (κ3) is 2.53. The average Bonchev–Trinajstić information content (AvgIpc) is 2.71. The minimum absolute atomic E-state index is 0.348. The zero-order valence-electron chi connectivity index (χ0n) is 10.7. The first kappa shape index (κ1) is 13.0. The monoisotopic (exact) mass is 264 g/mol. The molecule has 0 fully saturated rings. The molecular formula is C13H16N2O2S. The predicted octanol–water partition coefficient (Wildman–Crippen LogP) is 2.83. The van der Waals surface area contributed by atoms with Gasteiger partial charge in [0.25, 0.3) is 0 Å².